The minimum atomic E-state index is -3.58. The van der Waals surface area contributed by atoms with Gasteiger partial charge in [0, 0.05) is 22.8 Å². The van der Waals surface area contributed by atoms with Crippen LogP contribution in [-0.4, -0.2) is 20.9 Å². The molecule has 184 valence electrons. The van der Waals surface area contributed by atoms with E-state index in [1.807, 2.05) is 84.9 Å². The first-order valence-electron chi connectivity index (χ1n) is 11.7. The van der Waals surface area contributed by atoms with Crippen LogP contribution in [-0.2, 0) is 27.7 Å². The first-order chi connectivity index (χ1) is 17.5. The van der Waals surface area contributed by atoms with E-state index in [2.05, 4.69) is 10.0 Å². The summed E-state index contributed by atoms with van der Waals surface area (Å²) in [5.74, 6) is -0.0876. The smallest absolute Gasteiger partial charge is 0.240 e. The van der Waals surface area contributed by atoms with Crippen LogP contribution in [0.2, 0.25) is 0 Å². The predicted octanol–water partition coefficient (Wildman–Crippen LogP) is 5.93. The summed E-state index contributed by atoms with van der Waals surface area (Å²) >= 11 is 1.60. The van der Waals surface area contributed by atoms with Crippen molar-refractivity contribution in [3.63, 3.8) is 0 Å². The van der Waals surface area contributed by atoms with Crippen molar-refractivity contribution in [1.29, 1.82) is 0 Å². The second-order valence-corrected chi connectivity index (χ2v) is 11.1. The molecule has 0 aliphatic carbocycles. The van der Waals surface area contributed by atoms with Crippen LogP contribution in [0.15, 0.2) is 124 Å². The largest absolute Gasteiger partial charge is 0.325 e. The van der Waals surface area contributed by atoms with Crippen molar-refractivity contribution in [2.45, 2.75) is 33.9 Å². The Labute approximate surface area is 217 Å². The summed E-state index contributed by atoms with van der Waals surface area (Å²) in [4.78, 5) is 14.9. The molecule has 1 amide bonds. The van der Waals surface area contributed by atoms with Crippen molar-refractivity contribution in [1.82, 2.24) is 4.72 Å². The van der Waals surface area contributed by atoms with Crippen LogP contribution < -0.4 is 10.0 Å². The minimum Gasteiger partial charge on any atom is -0.325 e. The van der Waals surface area contributed by atoms with Crippen LogP contribution in [0.25, 0.3) is 0 Å². The number of amides is 1. The molecule has 4 aromatic carbocycles. The van der Waals surface area contributed by atoms with Crippen molar-refractivity contribution in [3.8, 4) is 0 Å². The van der Waals surface area contributed by atoms with Gasteiger partial charge < -0.3 is 5.32 Å². The third-order valence-electron chi connectivity index (χ3n) is 5.56. The standard InChI is InChI=1S/C29H28N2O3S2/c32-29(31-27-13-7-8-14-28(27)35-25-11-5-2-6-12-25)20-17-24-15-18-26(19-16-24)36(33,34)30-22-21-23-9-3-1-4-10-23/h1-16,18-19,30H,17,20-22H2,(H,31,32). The summed E-state index contributed by atoms with van der Waals surface area (Å²) in [5, 5.41) is 3.01. The second-order valence-electron chi connectivity index (χ2n) is 8.24. The Morgan fingerprint density at radius 3 is 2.03 bits per heavy atom. The highest BCUT2D eigenvalue weighted by atomic mass is 32.2. The number of carbonyl (C=O) groups is 1. The number of hydrogen-bond acceptors (Lipinski definition) is 4. The lowest BCUT2D eigenvalue weighted by molar-refractivity contribution is -0.116. The molecule has 0 saturated carbocycles. The van der Waals surface area contributed by atoms with Gasteiger partial charge in [-0.2, -0.15) is 0 Å². The van der Waals surface area contributed by atoms with Gasteiger partial charge in [0.15, 0.2) is 0 Å². The van der Waals surface area contributed by atoms with E-state index < -0.39 is 10.0 Å². The molecule has 0 unspecified atom stereocenters. The highest BCUT2D eigenvalue weighted by Crippen LogP contribution is 2.33. The SMILES string of the molecule is O=C(CCc1ccc(S(=O)(=O)NCCc2ccccc2)cc1)Nc1ccccc1Sc1ccccc1. The Morgan fingerprint density at radius 2 is 1.31 bits per heavy atom. The number of para-hydroxylation sites is 1. The molecule has 0 spiro atoms. The molecule has 0 radical (unpaired) electrons. The fraction of sp³-hybridized carbons (Fsp3) is 0.138. The van der Waals surface area contributed by atoms with E-state index in [0.717, 1.165) is 26.6 Å². The second kappa shape index (κ2) is 12.5. The number of rotatable bonds is 11. The summed E-state index contributed by atoms with van der Waals surface area (Å²) in [6.45, 7) is 0.332. The maximum absolute atomic E-state index is 12.6. The van der Waals surface area contributed by atoms with E-state index in [9.17, 15) is 13.2 Å². The highest BCUT2D eigenvalue weighted by molar-refractivity contribution is 7.99. The van der Waals surface area contributed by atoms with Crippen molar-refractivity contribution in [2.75, 3.05) is 11.9 Å². The van der Waals surface area contributed by atoms with Gasteiger partial charge in [-0.25, -0.2) is 13.1 Å². The van der Waals surface area contributed by atoms with Crippen LogP contribution in [0.4, 0.5) is 5.69 Å². The average molecular weight is 517 g/mol. The van der Waals surface area contributed by atoms with Gasteiger partial charge in [0.05, 0.1) is 10.6 Å². The number of aryl methyl sites for hydroxylation is 1. The molecule has 5 nitrogen and oxygen atoms in total. The Balaban J connectivity index is 1.28. The first kappa shape index (κ1) is 25.7. The molecule has 2 N–H and O–H groups in total. The lowest BCUT2D eigenvalue weighted by Crippen LogP contribution is -2.26. The van der Waals surface area contributed by atoms with Gasteiger partial charge in [-0.15, -0.1) is 0 Å². The van der Waals surface area contributed by atoms with Gasteiger partial charge in [0.2, 0.25) is 15.9 Å². The van der Waals surface area contributed by atoms with Gasteiger partial charge in [-0.1, -0.05) is 84.6 Å². The molecule has 0 atom stereocenters. The number of benzene rings is 4. The average Bonchev–Trinajstić information content (AvgIpc) is 2.90. The summed E-state index contributed by atoms with van der Waals surface area (Å²) in [6, 6.07) is 34.2. The normalized spacial score (nSPS) is 11.2. The van der Waals surface area contributed by atoms with E-state index >= 15 is 0 Å². The molecule has 0 aliphatic rings. The molecule has 0 aliphatic heterocycles. The zero-order chi connectivity index (χ0) is 25.2. The molecular weight excluding hydrogens is 488 g/mol. The lowest BCUT2D eigenvalue weighted by atomic mass is 10.1. The molecule has 0 saturated heterocycles. The monoisotopic (exact) mass is 516 g/mol. The quantitative estimate of drug-likeness (QED) is 0.259. The number of nitrogens with one attached hydrogen (secondary N) is 2. The van der Waals surface area contributed by atoms with Crippen LogP contribution in [0.3, 0.4) is 0 Å². The van der Waals surface area contributed by atoms with Crippen LogP contribution >= 0.6 is 11.8 Å². The van der Waals surface area contributed by atoms with Crippen molar-refractivity contribution < 1.29 is 13.2 Å². The summed E-state index contributed by atoms with van der Waals surface area (Å²) < 4.78 is 27.8. The van der Waals surface area contributed by atoms with Gasteiger partial charge >= 0.3 is 0 Å². The minimum absolute atomic E-state index is 0.0876. The molecule has 36 heavy (non-hydrogen) atoms. The fourth-order valence-electron chi connectivity index (χ4n) is 3.64. The van der Waals surface area contributed by atoms with Crippen LogP contribution in [0.5, 0.6) is 0 Å². The zero-order valence-corrected chi connectivity index (χ0v) is 21.4. The van der Waals surface area contributed by atoms with Crippen LogP contribution in [0, 0.1) is 0 Å². The summed E-state index contributed by atoms with van der Waals surface area (Å²) in [5.41, 5.74) is 2.76. The molecular formula is C29H28N2O3S2. The third kappa shape index (κ3) is 7.55. The number of sulfonamides is 1. The number of carbonyl (C=O) groups excluding carboxylic acids is 1. The Kier molecular flexibility index (Phi) is 8.95. The van der Waals surface area contributed by atoms with E-state index in [1.165, 1.54) is 0 Å². The maximum Gasteiger partial charge on any atom is 0.240 e. The van der Waals surface area contributed by atoms with Crippen molar-refractivity contribution in [3.05, 3.63) is 120 Å². The third-order valence-corrected chi connectivity index (χ3v) is 8.12. The van der Waals surface area contributed by atoms with Crippen LogP contribution in [0.1, 0.15) is 17.5 Å². The summed E-state index contributed by atoms with van der Waals surface area (Å²) in [7, 11) is -3.58. The van der Waals surface area contributed by atoms with Crippen molar-refractivity contribution in [2.24, 2.45) is 0 Å². The van der Waals surface area contributed by atoms with E-state index in [1.54, 1.807) is 36.0 Å². The number of anilines is 1. The predicted molar refractivity (Wildman–Crippen MR) is 146 cm³/mol. The van der Waals surface area contributed by atoms with Crippen molar-refractivity contribution >= 4 is 33.4 Å². The van der Waals surface area contributed by atoms with E-state index in [4.69, 9.17) is 0 Å². The highest BCUT2D eigenvalue weighted by Gasteiger charge is 2.14. The molecule has 7 heteroatoms. The molecule has 4 aromatic rings. The molecule has 4 rings (SSSR count). The van der Waals surface area contributed by atoms with E-state index in [0.29, 0.717) is 25.8 Å². The Morgan fingerprint density at radius 1 is 0.694 bits per heavy atom. The Hall–Kier alpha value is -3.39. The van der Waals surface area contributed by atoms with Gasteiger partial charge in [-0.3, -0.25) is 4.79 Å². The summed E-state index contributed by atoms with van der Waals surface area (Å²) in [6.07, 6.45) is 1.44. The number of hydrogen-bond donors (Lipinski definition) is 2. The van der Waals surface area contributed by atoms with E-state index in [-0.39, 0.29) is 10.8 Å². The lowest BCUT2D eigenvalue weighted by Gasteiger charge is -2.11. The first-order valence-corrected chi connectivity index (χ1v) is 14.0. The molecule has 0 fully saturated rings. The molecule has 0 bridgehead atoms. The maximum atomic E-state index is 12.6. The topological polar surface area (TPSA) is 75.3 Å². The molecule has 0 aromatic heterocycles. The van der Waals surface area contributed by atoms with Gasteiger partial charge in [0.1, 0.15) is 0 Å². The van der Waals surface area contributed by atoms with Gasteiger partial charge in [-0.05, 0) is 60.4 Å². The fourth-order valence-corrected chi connectivity index (χ4v) is 5.59. The molecule has 0 heterocycles. The van der Waals surface area contributed by atoms with Gasteiger partial charge in [0.25, 0.3) is 0 Å². The zero-order valence-electron chi connectivity index (χ0n) is 19.8. The Bertz CT molecular complexity index is 1380.